The molecule has 0 amide bonds. The number of pyridine rings is 2. The van der Waals surface area contributed by atoms with Gasteiger partial charge in [0.05, 0.1) is 41.7 Å². The molecule has 6 rings (SSSR count). The largest absolute Gasteiger partial charge is 0.497 e. The van der Waals surface area contributed by atoms with Crippen molar-refractivity contribution in [1.29, 1.82) is 0 Å². The molecule has 0 spiro atoms. The molecule has 1 aromatic carbocycles. The quantitative estimate of drug-likeness (QED) is 0.406. The first-order valence-electron chi connectivity index (χ1n) is 9.63. The maximum atomic E-state index is 5.36. The van der Waals surface area contributed by atoms with Gasteiger partial charge in [0, 0.05) is 23.5 Å². The molecule has 3 N–H and O–H groups in total. The van der Waals surface area contributed by atoms with E-state index in [9.17, 15) is 0 Å². The molecule has 0 atom stereocenters. The number of aromatic nitrogens is 8. The number of nitrogens with one attached hydrogen (secondary N) is 3. The summed E-state index contributed by atoms with van der Waals surface area (Å²) in [5.41, 5.74) is 7.42. The van der Waals surface area contributed by atoms with Crippen molar-refractivity contribution in [2.45, 2.75) is 0 Å². The highest BCUT2D eigenvalue weighted by Gasteiger charge is 2.17. The van der Waals surface area contributed by atoms with Gasteiger partial charge in [-0.15, -0.1) is 0 Å². The monoisotopic (exact) mass is 408 g/mol. The zero-order valence-corrected chi connectivity index (χ0v) is 16.4. The molecular weight excluding hydrogens is 392 g/mol. The third-order valence-corrected chi connectivity index (χ3v) is 5.20. The minimum Gasteiger partial charge on any atom is -0.497 e. The molecule has 150 valence electrons. The van der Waals surface area contributed by atoms with E-state index in [0.29, 0.717) is 11.5 Å². The minimum atomic E-state index is 0.621. The van der Waals surface area contributed by atoms with Crippen LogP contribution in [-0.2, 0) is 0 Å². The summed E-state index contributed by atoms with van der Waals surface area (Å²) >= 11 is 0. The predicted molar refractivity (Wildman–Crippen MR) is 116 cm³/mol. The lowest BCUT2D eigenvalue weighted by Gasteiger charge is -2.04. The van der Waals surface area contributed by atoms with Gasteiger partial charge in [0.1, 0.15) is 11.3 Å². The maximum absolute atomic E-state index is 5.36. The average molecular weight is 408 g/mol. The zero-order valence-electron chi connectivity index (χ0n) is 16.4. The Morgan fingerprint density at radius 2 is 1.87 bits per heavy atom. The Kier molecular flexibility index (Phi) is 3.79. The number of H-pyrrole nitrogens is 3. The van der Waals surface area contributed by atoms with Gasteiger partial charge in [-0.25, -0.2) is 9.97 Å². The normalized spacial score (nSPS) is 11.4. The second-order valence-electron chi connectivity index (χ2n) is 7.05. The molecule has 31 heavy (non-hydrogen) atoms. The summed E-state index contributed by atoms with van der Waals surface area (Å²) in [5.74, 6) is 1.40. The Bertz CT molecular complexity index is 1530. The molecule has 0 bridgehead atoms. The summed E-state index contributed by atoms with van der Waals surface area (Å²) in [6.45, 7) is 0. The Balaban J connectivity index is 1.51. The summed E-state index contributed by atoms with van der Waals surface area (Å²) in [5, 5.41) is 14.3. The van der Waals surface area contributed by atoms with Crippen LogP contribution in [0.25, 0.3) is 56.0 Å². The molecular formula is C22H16N8O. The van der Waals surface area contributed by atoms with Gasteiger partial charge in [0.25, 0.3) is 0 Å². The van der Waals surface area contributed by atoms with Crippen molar-refractivity contribution in [3.05, 3.63) is 61.2 Å². The van der Waals surface area contributed by atoms with Crippen LogP contribution in [0.5, 0.6) is 5.75 Å². The van der Waals surface area contributed by atoms with Crippen molar-refractivity contribution in [3.8, 4) is 39.7 Å². The molecule has 0 aliphatic carbocycles. The molecule has 0 aliphatic heterocycles. The first-order chi connectivity index (χ1) is 15.3. The van der Waals surface area contributed by atoms with E-state index in [-0.39, 0.29) is 0 Å². The highest BCUT2D eigenvalue weighted by Crippen LogP contribution is 2.32. The van der Waals surface area contributed by atoms with Crippen molar-refractivity contribution in [3.63, 3.8) is 0 Å². The SMILES string of the molecule is COc1cccc(-c2cncc3[nH]c(-c4n[nH]c5ccc(-c6cn[nH]c6)nc45)nc23)c1. The fourth-order valence-electron chi connectivity index (χ4n) is 3.66. The van der Waals surface area contributed by atoms with Gasteiger partial charge in [-0.1, -0.05) is 12.1 Å². The van der Waals surface area contributed by atoms with Crippen LogP contribution in [0.4, 0.5) is 0 Å². The van der Waals surface area contributed by atoms with Crippen molar-refractivity contribution in [1.82, 2.24) is 40.3 Å². The van der Waals surface area contributed by atoms with Gasteiger partial charge in [-0.05, 0) is 29.8 Å². The highest BCUT2D eigenvalue weighted by atomic mass is 16.5. The number of rotatable bonds is 4. The fraction of sp³-hybridized carbons (Fsp3) is 0.0455. The topological polar surface area (TPSA) is 121 Å². The van der Waals surface area contributed by atoms with E-state index in [1.807, 2.05) is 36.4 Å². The maximum Gasteiger partial charge on any atom is 0.161 e. The van der Waals surface area contributed by atoms with Crippen LogP contribution in [0.1, 0.15) is 0 Å². The van der Waals surface area contributed by atoms with Crippen LogP contribution >= 0.6 is 0 Å². The second kappa shape index (κ2) is 6.77. The van der Waals surface area contributed by atoms with Crippen LogP contribution in [-0.4, -0.2) is 47.4 Å². The van der Waals surface area contributed by atoms with Crippen molar-refractivity contribution < 1.29 is 4.74 Å². The van der Waals surface area contributed by atoms with Crippen molar-refractivity contribution in [2.75, 3.05) is 7.11 Å². The number of fused-ring (bicyclic) bond motifs is 2. The number of benzene rings is 1. The predicted octanol–water partition coefficient (Wildman–Crippen LogP) is 3.96. The number of methoxy groups -OCH3 is 1. The number of imidazole rings is 1. The molecule has 9 heteroatoms. The molecule has 0 saturated carbocycles. The van der Waals surface area contributed by atoms with E-state index in [1.54, 1.807) is 31.9 Å². The van der Waals surface area contributed by atoms with Crippen molar-refractivity contribution >= 4 is 22.1 Å². The van der Waals surface area contributed by atoms with Gasteiger partial charge in [-0.2, -0.15) is 10.2 Å². The van der Waals surface area contributed by atoms with Gasteiger partial charge >= 0.3 is 0 Å². The van der Waals surface area contributed by atoms with Crippen LogP contribution in [0.2, 0.25) is 0 Å². The molecule has 0 unspecified atom stereocenters. The zero-order chi connectivity index (χ0) is 20.8. The molecule has 5 heterocycles. The van der Waals surface area contributed by atoms with E-state index in [2.05, 4.69) is 30.4 Å². The van der Waals surface area contributed by atoms with Gasteiger partial charge in [-0.3, -0.25) is 15.2 Å². The smallest absolute Gasteiger partial charge is 0.161 e. The summed E-state index contributed by atoms with van der Waals surface area (Å²) in [7, 11) is 1.65. The molecule has 0 fully saturated rings. The van der Waals surface area contributed by atoms with Gasteiger partial charge < -0.3 is 9.72 Å². The van der Waals surface area contributed by atoms with Crippen LogP contribution < -0.4 is 4.74 Å². The third-order valence-electron chi connectivity index (χ3n) is 5.20. The molecule has 6 aromatic rings. The first-order valence-corrected chi connectivity index (χ1v) is 9.63. The Morgan fingerprint density at radius 1 is 0.903 bits per heavy atom. The second-order valence-corrected chi connectivity index (χ2v) is 7.05. The first kappa shape index (κ1) is 17.3. The van der Waals surface area contributed by atoms with E-state index in [1.165, 1.54) is 0 Å². The molecule has 0 saturated heterocycles. The molecule has 0 radical (unpaired) electrons. The van der Waals surface area contributed by atoms with Gasteiger partial charge in [0.2, 0.25) is 0 Å². The fourth-order valence-corrected chi connectivity index (χ4v) is 3.66. The Morgan fingerprint density at radius 3 is 2.74 bits per heavy atom. The van der Waals surface area contributed by atoms with Crippen LogP contribution in [0, 0.1) is 0 Å². The Hall–Kier alpha value is -4.53. The summed E-state index contributed by atoms with van der Waals surface area (Å²) in [6, 6.07) is 11.7. The van der Waals surface area contributed by atoms with E-state index >= 15 is 0 Å². The van der Waals surface area contributed by atoms with Gasteiger partial charge in [0.15, 0.2) is 11.5 Å². The summed E-state index contributed by atoms with van der Waals surface area (Å²) in [6.07, 6.45) is 7.11. The minimum absolute atomic E-state index is 0.621. The lowest BCUT2D eigenvalue weighted by atomic mass is 10.1. The van der Waals surface area contributed by atoms with Crippen LogP contribution in [0.15, 0.2) is 61.2 Å². The lowest BCUT2D eigenvalue weighted by Crippen LogP contribution is -1.87. The molecule has 9 nitrogen and oxygen atoms in total. The van der Waals surface area contributed by atoms with Crippen LogP contribution in [0.3, 0.4) is 0 Å². The number of aromatic amines is 3. The summed E-state index contributed by atoms with van der Waals surface area (Å²) < 4.78 is 5.36. The van der Waals surface area contributed by atoms with E-state index in [0.717, 1.165) is 50.2 Å². The number of hydrogen-bond acceptors (Lipinski definition) is 6. The number of ether oxygens (including phenoxy) is 1. The lowest BCUT2D eigenvalue weighted by molar-refractivity contribution is 0.415. The summed E-state index contributed by atoms with van der Waals surface area (Å²) in [4.78, 5) is 17.4. The van der Waals surface area contributed by atoms with Crippen molar-refractivity contribution in [2.24, 2.45) is 0 Å². The molecule has 0 aliphatic rings. The third kappa shape index (κ3) is 2.83. The van der Waals surface area contributed by atoms with E-state index < -0.39 is 0 Å². The highest BCUT2D eigenvalue weighted by molar-refractivity contribution is 5.95. The number of hydrogen-bond donors (Lipinski definition) is 3. The Labute approximate surface area is 175 Å². The average Bonchev–Trinajstić information content (AvgIpc) is 3.57. The van der Waals surface area contributed by atoms with E-state index in [4.69, 9.17) is 14.7 Å². The number of nitrogens with zero attached hydrogens (tertiary/aromatic N) is 5. The standard InChI is InChI=1S/C22H16N8O/c1-31-14-4-2-3-12(7-14)15-10-23-11-18-19(15)28-22(27-18)21-20-17(29-30-21)6-5-16(26-20)13-8-24-25-9-13/h2-11H,1H3,(H,24,25)(H,27,28)(H,29,30). The molecule has 5 aromatic heterocycles.